The summed E-state index contributed by atoms with van der Waals surface area (Å²) in [5.41, 5.74) is 0.403. The van der Waals surface area contributed by atoms with Gasteiger partial charge in [-0.15, -0.1) is 0 Å². The van der Waals surface area contributed by atoms with E-state index in [1.54, 1.807) is 12.1 Å². The number of nitrogens with one attached hydrogen (secondary N) is 1. The van der Waals surface area contributed by atoms with Gasteiger partial charge in [0.2, 0.25) is 10.0 Å². The molecule has 1 aromatic heterocycles. The fourth-order valence-electron chi connectivity index (χ4n) is 1.52. The highest BCUT2D eigenvalue weighted by Gasteiger charge is 2.17. The summed E-state index contributed by atoms with van der Waals surface area (Å²) in [7, 11) is -3.94. The van der Waals surface area contributed by atoms with Crippen molar-refractivity contribution in [2.24, 2.45) is 5.14 Å². The summed E-state index contributed by atoms with van der Waals surface area (Å²) < 4.78 is 22.5. The highest BCUT2D eigenvalue weighted by atomic mass is 35.5. The van der Waals surface area contributed by atoms with Gasteiger partial charge in [0.25, 0.3) is 5.91 Å². The van der Waals surface area contributed by atoms with Crippen LogP contribution in [0.1, 0.15) is 10.4 Å². The van der Waals surface area contributed by atoms with Crippen LogP contribution >= 0.6 is 23.2 Å². The number of pyridine rings is 1. The van der Waals surface area contributed by atoms with Crippen molar-refractivity contribution in [3.8, 4) is 0 Å². The quantitative estimate of drug-likeness (QED) is 0.890. The molecule has 21 heavy (non-hydrogen) atoms. The first-order valence-corrected chi connectivity index (χ1v) is 7.82. The zero-order valence-electron chi connectivity index (χ0n) is 10.4. The lowest BCUT2D eigenvalue weighted by atomic mass is 10.2. The number of carbonyl (C=O) groups is 1. The van der Waals surface area contributed by atoms with E-state index in [-0.39, 0.29) is 20.6 Å². The molecule has 2 rings (SSSR count). The molecule has 0 saturated carbocycles. The van der Waals surface area contributed by atoms with E-state index in [2.05, 4.69) is 10.3 Å². The Balaban J connectivity index is 2.36. The lowest BCUT2D eigenvalue weighted by Crippen LogP contribution is -2.15. The largest absolute Gasteiger partial charge is 0.319 e. The van der Waals surface area contributed by atoms with Crippen molar-refractivity contribution in [2.75, 3.05) is 5.32 Å². The number of carbonyl (C=O) groups excluding carboxylic acids is 1. The summed E-state index contributed by atoms with van der Waals surface area (Å²) in [6.07, 6.45) is 2.90. The second-order valence-corrected chi connectivity index (χ2v) is 6.38. The van der Waals surface area contributed by atoms with E-state index in [0.29, 0.717) is 5.56 Å². The van der Waals surface area contributed by atoms with Crippen LogP contribution in [0.4, 0.5) is 5.69 Å². The second kappa shape index (κ2) is 5.98. The van der Waals surface area contributed by atoms with Crippen LogP contribution in [-0.2, 0) is 10.0 Å². The first-order chi connectivity index (χ1) is 9.79. The van der Waals surface area contributed by atoms with Crippen molar-refractivity contribution >= 4 is 44.8 Å². The third-order valence-electron chi connectivity index (χ3n) is 2.51. The van der Waals surface area contributed by atoms with Gasteiger partial charge in [0, 0.05) is 12.4 Å². The SMILES string of the molecule is NS(=O)(=O)c1cc(Cl)c(NC(=O)c2cccnc2)c(Cl)c1. The summed E-state index contributed by atoms with van der Waals surface area (Å²) in [5.74, 6) is -0.477. The Morgan fingerprint density at radius 2 is 1.86 bits per heavy atom. The Morgan fingerprint density at radius 3 is 2.33 bits per heavy atom. The molecule has 0 saturated heterocycles. The Labute approximate surface area is 130 Å². The first-order valence-electron chi connectivity index (χ1n) is 5.52. The molecule has 3 N–H and O–H groups in total. The standard InChI is InChI=1S/C12H9Cl2N3O3S/c13-9-4-8(21(15,19)20)5-10(14)11(9)17-12(18)7-2-1-3-16-6-7/h1-6H,(H,17,18)(H2,15,19,20). The maximum atomic E-state index is 12.0. The molecule has 9 heteroatoms. The van der Waals surface area contributed by atoms with Gasteiger partial charge in [-0.05, 0) is 24.3 Å². The molecule has 0 aliphatic heterocycles. The molecule has 0 spiro atoms. The fraction of sp³-hybridized carbons (Fsp3) is 0. The smallest absolute Gasteiger partial charge is 0.257 e. The maximum Gasteiger partial charge on any atom is 0.257 e. The molecule has 0 unspecified atom stereocenters. The number of hydrogen-bond acceptors (Lipinski definition) is 4. The molecule has 110 valence electrons. The van der Waals surface area contributed by atoms with E-state index >= 15 is 0 Å². The van der Waals surface area contributed by atoms with Crippen molar-refractivity contribution in [3.05, 3.63) is 52.3 Å². The maximum absolute atomic E-state index is 12.0. The number of halogens is 2. The second-order valence-electron chi connectivity index (χ2n) is 4.00. The van der Waals surface area contributed by atoms with Crippen LogP contribution in [0.15, 0.2) is 41.6 Å². The minimum absolute atomic E-state index is 0.0382. The molecule has 0 bridgehead atoms. The van der Waals surface area contributed by atoms with Crippen LogP contribution in [0.5, 0.6) is 0 Å². The summed E-state index contributed by atoms with van der Waals surface area (Å²) in [5, 5.41) is 7.41. The zero-order valence-corrected chi connectivity index (χ0v) is 12.7. The van der Waals surface area contributed by atoms with Gasteiger partial charge in [-0.1, -0.05) is 23.2 Å². The van der Waals surface area contributed by atoms with Crippen molar-refractivity contribution < 1.29 is 13.2 Å². The van der Waals surface area contributed by atoms with Crippen LogP contribution < -0.4 is 10.5 Å². The molecular weight excluding hydrogens is 337 g/mol. The first kappa shape index (κ1) is 15.7. The molecule has 1 heterocycles. The van der Waals surface area contributed by atoms with Gasteiger partial charge in [-0.25, -0.2) is 13.6 Å². The minimum atomic E-state index is -3.94. The number of benzene rings is 1. The fourth-order valence-corrected chi connectivity index (χ4v) is 2.79. The van der Waals surface area contributed by atoms with Gasteiger partial charge in [0.15, 0.2) is 0 Å². The topological polar surface area (TPSA) is 102 Å². The van der Waals surface area contributed by atoms with Gasteiger partial charge >= 0.3 is 0 Å². The monoisotopic (exact) mass is 345 g/mol. The number of aromatic nitrogens is 1. The number of primary sulfonamides is 1. The van der Waals surface area contributed by atoms with Crippen molar-refractivity contribution in [1.82, 2.24) is 4.98 Å². The predicted octanol–water partition coefficient (Wildman–Crippen LogP) is 2.29. The molecule has 0 radical (unpaired) electrons. The molecule has 1 amide bonds. The molecule has 0 aliphatic rings. The van der Waals surface area contributed by atoms with Gasteiger partial charge in [0.1, 0.15) is 0 Å². The van der Waals surface area contributed by atoms with E-state index < -0.39 is 15.9 Å². The number of nitrogens with zero attached hydrogens (tertiary/aromatic N) is 1. The van der Waals surface area contributed by atoms with Crippen LogP contribution in [0, 0.1) is 0 Å². The lowest BCUT2D eigenvalue weighted by Gasteiger charge is -2.10. The summed E-state index contributed by atoms with van der Waals surface area (Å²) >= 11 is 11.9. The average molecular weight is 346 g/mol. The normalized spacial score (nSPS) is 11.2. The van der Waals surface area contributed by atoms with Crippen LogP contribution in [0.3, 0.4) is 0 Å². The Morgan fingerprint density at radius 1 is 1.24 bits per heavy atom. The third kappa shape index (κ3) is 3.70. The molecule has 2 aromatic rings. The number of anilines is 1. The molecule has 1 aromatic carbocycles. The van der Waals surface area contributed by atoms with E-state index in [1.807, 2.05) is 0 Å². The Bertz CT molecular complexity index is 772. The van der Waals surface area contributed by atoms with Gasteiger partial charge in [0.05, 0.1) is 26.2 Å². The summed E-state index contributed by atoms with van der Waals surface area (Å²) in [6, 6.07) is 5.38. The highest BCUT2D eigenvalue weighted by Crippen LogP contribution is 2.33. The zero-order chi connectivity index (χ0) is 15.6. The molecule has 0 aliphatic carbocycles. The molecular formula is C12H9Cl2N3O3S. The Hall–Kier alpha value is -1.67. The van der Waals surface area contributed by atoms with Crippen LogP contribution in [0.25, 0.3) is 0 Å². The van der Waals surface area contributed by atoms with E-state index in [4.69, 9.17) is 28.3 Å². The third-order valence-corrected chi connectivity index (χ3v) is 4.00. The van der Waals surface area contributed by atoms with Crippen LogP contribution in [-0.4, -0.2) is 19.3 Å². The Kier molecular flexibility index (Phi) is 4.48. The van der Waals surface area contributed by atoms with Gasteiger partial charge in [-0.3, -0.25) is 9.78 Å². The number of amides is 1. The van der Waals surface area contributed by atoms with E-state index in [0.717, 1.165) is 12.1 Å². The van der Waals surface area contributed by atoms with E-state index in [9.17, 15) is 13.2 Å². The number of sulfonamides is 1. The number of hydrogen-bond donors (Lipinski definition) is 2. The molecule has 0 fully saturated rings. The average Bonchev–Trinajstić information content (AvgIpc) is 2.42. The van der Waals surface area contributed by atoms with Crippen molar-refractivity contribution in [3.63, 3.8) is 0 Å². The summed E-state index contributed by atoms with van der Waals surface area (Å²) in [4.78, 5) is 15.6. The van der Waals surface area contributed by atoms with Crippen molar-refractivity contribution in [1.29, 1.82) is 0 Å². The van der Waals surface area contributed by atoms with Gasteiger partial charge < -0.3 is 5.32 Å². The number of rotatable bonds is 3. The number of nitrogens with two attached hydrogens (primary N) is 1. The molecule has 6 nitrogen and oxygen atoms in total. The van der Waals surface area contributed by atoms with Gasteiger partial charge in [-0.2, -0.15) is 0 Å². The van der Waals surface area contributed by atoms with Crippen LogP contribution in [0.2, 0.25) is 10.0 Å². The van der Waals surface area contributed by atoms with E-state index in [1.165, 1.54) is 12.4 Å². The minimum Gasteiger partial charge on any atom is -0.319 e. The highest BCUT2D eigenvalue weighted by molar-refractivity contribution is 7.89. The lowest BCUT2D eigenvalue weighted by molar-refractivity contribution is 0.102. The summed E-state index contributed by atoms with van der Waals surface area (Å²) in [6.45, 7) is 0. The molecule has 0 atom stereocenters. The van der Waals surface area contributed by atoms with Crippen molar-refractivity contribution in [2.45, 2.75) is 4.90 Å². The predicted molar refractivity (Wildman–Crippen MR) is 80.0 cm³/mol.